The zero-order valence-electron chi connectivity index (χ0n) is 21.1. The number of aromatic nitrogens is 5. The van der Waals surface area contributed by atoms with Crippen molar-refractivity contribution in [3.63, 3.8) is 0 Å². The number of carbonyl (C=O) groups is 3. The number of hydrogen-bond donors (Lipinski definition) is 1. The van der Waals surface area contributed by atoms with E-state index in [1.807, 2.05) is 19.0 Å². The highest BCUT2D eigenvalue weighted by atomic mass is 16.2. The molecule has 2 fully saturated rings. The topological polar surface area (TPSA) is 126 Å². The van der Waals surface area contributed by atoms with Crippen LogP contribution < -0.4 is 5.23 Å². The lowest BCUT2D eigenvalue weighted by atomic mass is 10.0. The molecular formula is C24H29BN8O3. The Morgan fingerprint density at radius 1 is 1.17 bits per heavy atom. The van der Waals surface area contributed by atoms with Crippen LogP contribution in [0.2, 0.25) is 0 Å². The number of rotatable bonds is 7. The SMILES string of the molecule is BNC(=O)[C@@H]1C[C@@]2(C)CC2N1C(=O)Cn1nc(C(C)=O)c2cc(-c3cnc(CN(C)C)nc3)ncc21. The van der Waals surface area contributed by atoms with Gasteiger partial charge in [-0.3, -0.25) is 24.0 Å². The highest BCUT2D eigenvalue weighted by Gasteiger charge is 2.64. The number of carbonyl (C=O) groups excluding carboxylic acids is 3. The standard InChI is InChI=1S/C24H29BN8O3/c1-13(34)22-15-5-16(14-8-27-20(28-9-14)11-31(3)4)26-10-18(15)32(30-22)12-21(35)33-17(23(36)29-25)6-24(2)7-19(24)33/h5,8-10,17,19H,6-7,11-12,25H2,1-4H3,(H,29,36)/t17-,19?,24-/m0/s1. The quantitative estimate of drug-likeness (QED) is 0.369. The largest absolute Gasteiger partial charge is 0.404 e. The second kappa shape index (κ2) is 8.77. The van der Waals surface area contributed by atoms with Crippen LogP contribution in [0.3, 0.4) is 0 Å². The van der Waals surface area contributed by atoms with Crippen molar-refractivity contribution < 1.29 is 14.4 Å². The molecule has 1 aliphatic carbocycles. The molecular weight excluding hydrogens is 459 g/mol. The number of piperidine rings is 1. The van der Waals surface area contributed by atoms with Crippen molar-refractivity contribution in [2.45, 2.75) is 51.9 Å². The summed E-state index contributed by atoms with van der Waals surface area (Å²) in [5.41, 5.74) is 2.17. The van der Waals surface area contributed by atoms with Gasteiger partial charge in [0.15, 0.2) is 5.78 Å². The van der Waals surface area contributed by atoms with Crippen molar-refractivity contribution in [2.24, 2.45) is 5.41 Å². The minimum atomic E-state index is -0.486. The van der Waals surface area contributed by atoms with Gasteiger partial charge in [-0.1, -0.05) is 6.92 Å². The molecule has 0 radical (unpaired) electrons. The summed E-state index contributed by atoms with van der Waals surface area (Å²) in [6.07, 6.45) is 6.58. The van der Waals surface area contributed by atoms with Crippen LogP contribution in [0.1, 0.15) is 43.0 Å². The maximum absolute atomic E-state index is 13.4. The van der Waals surface area contributed by atoms with Crippen molar-refractivity contribution in [1.82, 2.24) is 39.8 Å². The molecule has 186 valence electrons. The first-order chi connectivity index (χ1) is 17.1. The fourth-order valence-corrected chi connectivity index (χ4v) is 5.20. The minimum Gasteiger partial charge on any atom is -0.404 e. The molecule has 1 aliphatic heterocycles. The van der Waals surface area contributed by atoms with Crippen LogP contribution in [0.25, 0.3) is 22.2 Å². The summed E-state index contributed by atoms with van der Waals surface area (Å²) in [6.45, 7) is 4.11. The van der Waals surface area contributed by atoms with Gasteiger partial charge in [-0.2, -0.15) is 5.10 Å². The van der Waals surface area contributed by atoms with E-state index in [4.69, 9.17) is 0 Å². The molecule has 2 aliphatic rings. The van der Waals surface area contributed by atoms with Crippen molar-refractivity contribution >= 4 is 36.5 Å². The Balaban J connectivity index is 1.45. The lowest BCUT2D eigenvalue weighted by molar-refractivity contribution is -0.139. The van der Waals surface area contributed by atoms with E-state index in [1.165, 1.54) is 11.6 Å². The summed E-state index contributed by atoms with van der Waals surface area (Å²) in [4.78, 5) is 55.3. The molecule has 1 saturated carbocycles. The Morgan fingerprint density at radius 3 is 2.53 bits per heavy atom. The number of nitrogens with zero attached hydrogens (tertiary/aromatic N) is 7. The maximum Gasteiger partial charge on any atom is 0.245 e. The van der Waals surface area contributed by atoms with Crippen molar-refractivity contribution in [3.05, 3.63) is 36.2 Å². The predicted octanol–water partition coefficient (Wildman–Crippen LogP) is 0.196. The highest BCUT2D eigenvalue weighted by Crippen LogP contribution is 2.59. The molecule has 3 aromatic heterocycles. The molecule has 0 bridgehead atoms. The number of nitrogens with one attached hydrogen (secondary N) is 1. The average Bonchev–Trinajstić information content (AvgIpc) is 3.21. The summed E-state index contributed by atoms with van der Waals surface area (Å²) < 4.78 is 1.51. The molecule has 12 heteroatoms. The van der Waals surface area contributed by atoms with E-state index in [2.05, 4.69) is 32.2 Å². The number of pyridine rings is 1. The molecule has 4 heterocycles. The number of hydrogen-bond acceptors (Lipinski definition) is 8. The van der Waals surface area contributed by atoms with Gasteiger partial charge in [-0.05, 0) is 38.4 Å². The van der Waals surface area contributed by atoms with Gasteiger partial charge in [0.25, 0.3) is 0 Å². The number of amides is 2. The van der Waals surface area contributed by atoms with Crippen molar-refractivity contribution in [1.29, 1.82) is 0 Å². The van der Waals surface area contributed by atoms with Gasteiger partial charge in [0.2, 0.25) is 19.8 Å². The molecule has 5 rings (SSSR count). The molecule has 2 amide bonds. The summed E-state index contributed by atoms with van der Waals surface area (Å²) in [6, 6.07) is 1.35. The van der Waals surface area contributed by atoms with Crippen LogP contribution >= 0.6 is 0 Å². The zero-order chi connectivity index (χ0) is 25.8. The number of ketones is 1. The van der Waals surface area contributed by atoms with E-state index in [0.717, 1.165) is 12.0 Å². The predicted molar refractivity (Wildman–Crippen MR) is 134 cm³/mol. The second-order valence-electron chi connectivity index (χ2n) is 10.3. The second-order valence-corrected chi connectivity index (χ2v) is 10.3. The fourth-order valence-electron chi connectivity index (χ4n) is 5.20. The summed E-state index contributed by atoms with van der Waals surface area (Å²) in [7, 11) is 5.48. The molecule has 3 aromatic rings. The van der Waals surface area contributed by atoms with Crippen LogP contribution in [0.4, 0.5) is 0 Å². The Kier molecular flexibility index (Phi) is 5.86. The highest BCUT2D eigenvalue weighted by molar-refractivity contribution is 6.15. The van der Waals surface area contributed by atoms with Crippen LogP contribution in [0.5, 0.6) is 0 Å². The lowest BCUT2D eigenvalue weighted by Gasteiger charge is -2.26. The van der Waals surface area contributed by atoms with Crippen LogP contribution in [0.15, 0.2) is 24.7 Å². The first-order valence-electron chi connectivity index (χ1n) is 12.0. The molecule has 0 spiro atoms. The third-order valence-corrected chi connectivity index (χ3v) is 7.19. The normalized spacial score (nSPS) is 22.6. The van der Waals surface area contributed by atoms with Gasteiger partial charge in [0.05, 0.1) is 24.0 Å². The van der Waals surface area contributed by atoms with Gasteiger partial charge in [0.1, 0.15) is 24.1 Å². The minimum absolute atomic E-state index is 0.00974. The van der Waals surface area contributed by atoms with Crippen molar-refractivity contribution in [3.8, 4) is 11.3 Å². The molecule has 36 heavy (non-hydrogen) atoms. The van der Waals surface area contributed by atoms with Gasteiger partial charge in [-0.15, -0.1) is 0 Å². The monoisotopic (exact) mass is 488 g/mol. The van der Waals surface area contributed by atoms with Gasteiger partial charge in [0, 0.05) is 36.3 Å². The zero-order valence-corrected chi connectivity index (χ0v) is 21.1. The van der Waals surface area contributed by atoms with E-state index < -0.39 is 6.04 Å². The van der Waals surface area contributed by atoms with Crippen LogP contribution in [-0.2, 0) is 22.7 Å². The van der Waals surface area contributed by atoms with E-state index in [-0.39, 0.29) is 41.3 Å². The van der Waals surface area contributed by atoms with Crippen LogP contribution in [-0.4, -0.2) is 86.3 Å². The number of Topliss-reactive ketones (excluding diaryl/α,β-unsaturated/α-hetero) is 1. The number of fused-ring (bicyclic) bond motifs is 2. The van der Waals surface area contributed by atoms with Gasteiger partial charge in [-0.25, -0.2) is 9.97 Å². The smallest absolute Gasteiger partial charge is 0.245 e. The van der Waals surface area contributed by atoms with Gasteiger partial charge < -0.3 is 15.0 Å². The molecule has 11 nitrogen and oxygen atoms in total. The Bertz CT molecular complexity index is 1370. The van der Waals surface area contributed by atoms with E-state index in [1.54, 1.807) is 37.5 Å². The Morgan fingerprint density at radius 2 is 1.89 bits per heavy atom. The van der Waals surface area contributed by atoms with Crippen molar-refractivity contribution in [2.75, 3.05) is 14.1 Å². The van der Waals surface area contributed by atoms with E-state index in [0.29, 0.717) is 35.4 Å². The van der Waals surface area contributed by atoms with Gasteiger partial charge >= 0.3 is 0 Å². The third kappa shape index (κ3) is 4.15. The summed E-state index contributed by atoms with van der Waals surface area (Å²) >= 11 is 0. The molecule has 3 atom stereocenters. The fraction of sp³-hybridized carbons (Fsp3) is 0.458. The Labute approximate surface area is 209 Å². The van der Waals surface area contributed by atoms with E-state index >= 15 is 0 Å². The summed E-state index contributed by atoms with van der Waals surface area (Å²) in [5, 5.41) is 7.75. The molecule has 1 saturated heterocycles. The molecule has 1 unspecified atom stereocenters. The average molecular weight is 488 g/mol. The number of likely N-dealkylation sites (tertiary alicyclic amines) is 1. The first kappa shape index (κ1) is 24.0. The van der Waals surface area contributed by atoms with E-state index in [9.17, 15) is 14.4 Å². The molecule has 1 N–H and O–H groups in total. The lowest BCUT2D eigenvalue weighted by Crippen LogP contribution is -2.48. The first-order valence-corrected chi connectivity index (χ1v) is 12.0. The maximum atomic E-state index is 13.4. The molecule has 0 aromatic carbocycles. The van der Waals surface area contributed by atoms with Crippen LogP contribution in [0, 0.1) is 5.41 Å². The third-order valence-electron chi connectivity index (χ3n) is 7.19. The Hall–Kier alpha value is -3.67. The summed E-state index contributed by atoms with van der Waals surface area (Å²) in [5.74, 6) is 0.143.